The molecule has 2 aromatic rings. The molecule has 1 unspecified atom stereocenters. The summed E-state index contributed by atoms with van der Waals surface area (Å²) in [5.41, 5.74) is 2.09. The lowest BCUT2D eigenvalue weighted by Crippen LogP contribution is -2.47. The van der Waals surface area contributed by atoms with Crippen LogP contribution in [-0.4, -0.2) is 37.2 Å². The second-order valence-electron chi connectivity index (χ2n) is 5.19. The number of hydrogen-bond donors (Lipinski definition) is 1. The number of benzene rings is 1. The summed E-state index contributed by atoms with van der Waals surface area (Å²) in [6, 6.07) is 11.7. The monoisotopic (exact) mass is 326 g/mol. The molecule has 5 heteroatoms. The number of carbonyl (C=O) groups excluding carboxylic acids is 1. The summed E-state index contributed by atoms with van der Waals surface area (Å²) in [4.78, 5) is 14.0. The largest absolute Gasteiger partial charge is 0.370 e. The van der Waals surface area contributed by atoms with Gasteiger partial charge in [-0.1, -0.05) is 30.0 Å². The van der Waals surface area contributed by atoms with Crippen molar-refractivity contribution in [2.24, 2.45) is 0 Å². The predicted octanol–water partition coefficient (Wildman–Crippen LogP) is 2.88. The molecule has 4 nitrogen and oxygen atoms in total. The molecule has 3 rings (SSSR count). The zero-order valence-corrected chi connectivity index (χ0v) is 13.5. The van der Waals surface area contributed by atoms with E-state index in [0.29, 0.717) is 26.2 Å². The molecule has 1 saturated heterocycles. The normalized spacial score (nSPS) is 17.2. The first-order valence-corrected chi connectivity index (χ1v) is 8.47. The molecule has 2 heterocycles. The van der Waals surface area contributed by atoms with Gasteiger partial charge in [-0.25, -0.2) is 4.79 Å². The number of nitrogens with one attached hydrogen (secondary N) is 1. The Kier molecular flexibility index (Phi) is 5.30. The van der Waals surface area contributed by atoms with E-state index in [1.54, 1.807) is 16.2 Å². The van der Waals surface area contributed by atoms with Crippen molar-refractivity contribution >= 4 is 17.4 Å². The van der Waals surface area contributed by atoms with Crippen molar-refractivity contribution in [2.75, 3.05) is 26.2 Å². The van der Waals surface area contributed by atoms with E-state index in [2.05, 4.69) is 22.5 Å². The molecule has 2 amide bonds. The Bertz CT molecular complexity index is 689. The minimum atomic E-state index is -0.0871. The molecule has 0 spiro atoms. The van der Waals surface area contributed by atoms with Crippen LogP contribution in [0.1, 0.15) is 17.2 Å². The topological polar surface area (TPSA) is 41.6 Å². The van der Waals surface area contributed by atoms with Crippen molar-refractivity contribution < 1.29 is 9.53 Å². The number of amides is 2. The number of carbonyl (C=O) groups is 1. The molecule has 1 atom stereocenters. The fourth-order valence-corrected chi connectivity index (χ4v) is 3.09. The summed E-state index contributed by atoms with van der Waals surface area (Å²) in [7, 11) is 0. The van der Waals surface area contributed by atoms with E-state index in [9.17, 15) is 4.79 Å². The first-order valence-electron chi connectivity index (χ1n) is 7.53. The SMILES string of the molecule is O=C(NCC#Cc1ccccc1)N1CCOC(c2ccsc2)C1. The summed E-state index contributed by atoms with van der Waals surface area (Å²) in [5.74, 6) is 6.00. The van der Waals surface area contributed by atoms with Crippen LogP contribution >= 0.6 is 11.3 Å². The Morgan fingerprint density at radius 2 is 2.22 bits per heavy atom. The highest BCUT2D eigenvalue weighted by molar-refractivity contribution is 7.07. The van der Waals surface area contributed by atoms with E-state index in [-0.39, 0.29) is 12.1 Å². The van der Waals surface area contributed by atoms with Crippen molar-refractivity contribution in [3.05, 3.63) is 58.3 Å². The first-order chi connectivity index (χ1) is 11.3. The molecule has 23 heavy (non-hydrogen) atoms. The lowest BCUT2D eigenvalue weighted by Gasteiger charge is -2.32. The molecule has 0 bridgehead atoms. The van der Waals surface area contributed by atoms with E-state index in [0.717, 1.165) is 11.1 Å². The highest BCUT2D eigenvalue weighted by atomic mass is 32.1. The molecule has 118 valence electrons. The second kappa shape index (κ2) is 7.82. The van der Waals surface area contributed by atoms with Crippen molar-refractivity contribution in [2.45, 2.75) is 6.10 Å². The zero-order valence-electron chi connectivity index (χ0n) is 12.7. The van der Waals surface area contributed by atoms with Crippen LogP contribution in [0.5, 0.6) is 0 Å². The van der Waals surface area contributed by atoms with Gasteiger partial charge in [-0.3, -0.25) is 0 Å². The van der Waals surface area contributed by atoms with Crippen LogP contribution in [0.3, 0.4) is 0 Å². The number of rotatable bonds is 2. The van der Waals surface area contributed by atoms with Gasteiger partial charge < -0.3 is 15.0 Å². The summed E-state index contributed by atoms with van der Waals surface area (Å²) in [6.45, 7) is 2.09. The Morgan fingerprint density at radius 1 is 1.35 bits per heavy atom. The van der Waals surface area contributed by atoms with Gasteiger partial charge in [0.15, 0.2) is 0 Å². The maximum atomic E-state index is 12.2. The van der Waals surface area contributed by atoms with Crippen molar-refractivity contribution in [3.8, 4) is 11.8 Å². The average Bonchev–Trinajstić information content (AvgIpc) is 3.14. The van der Waals surface area contributed by atoms with Crippen LogP contribution in [0, 0.1) is 11.8 Å². The van der Waals surface area contributed by atoms with Crippen molar-refractivity contribution in [1.82, 2.24) is 10.2 Å². The lowest BCUT2D eigenvalue weighted by molar-refractivity contribution is -0.0150. The van der Waals surface area contributed by atoms with Crippen LogP contribution in [-0.2, 0) is 4.74 Å². The predicted molar refractivity (Wildman–Crippen MR) is 91.3 cm³/mol. The Hall–Kier alpha value is -2.29. The molecular formula is C18H18N2O2S. The van der Waals surface area contributed by atoms with E-state index in [4.69, 9.17) is 4.74 Å². The maximum Gasteiger partial charge on any atom is 0.318 e. The molecule has 1 fully saturated rings. The minimum Gasteiger partial charge on any atom is -0.370 e. The number of urea groups is 1. The van der Waals surface area contributed by atoms with Crippen LogP contribution in [0.2, 0.25) is 0 Å². The molecular weight excluding hydrogens is 308 g/mol. The number of thiophene rings is 1. The molecule has 0 saturated carbocycles. The maximum absolute atomic E-state index is 12.2. The molecule has 1 aromatic heterocycles. The number of hydrogen-bond acceptors (Lipinski definition) is 3. The Labute approximate surface area is 140 Å². The van der Waals surface area contributed by atoms with Gasteiger partial charge in [-0.05, 0) is 34.5 Å². The summed E-state index contributed by atoms with van der Waals surface area (Å²) in [5, 5.41) is 6.94. The van der Waals surface area contributed by atoms with Gasteiger partial charge in [0.2, 0.25) is 0 Å². The van der Waals surface area contributed by atoms with Gasteiger partial charge in [0.05, 0.1) is 19.7 Å². The smallest absolute Gasteiger partial charge is 0.318 e. The van der Waals surface area contributed by atoms with E-state index < -0.39 is 0 Å². The number of ether oxygens (including phenoxy) is 1. The number of morpholine rings is 1. The first kappa shape index (κ1) is 15.6. The van der Waals surface area contributed by atoms with Crippen LogP contribution in [0.25, 0.3) is 0 Å². The molecule has 1 N–H and O–H groups in total. The average molecular weight is 326 g/mol. The van der Waals surface area contributed by atoms with Crippen molar-refractivity contribution in [3.63, 3.8) is 0 Å². The molecule has 1 aliphatic rings. The van der Waals surface area contributed by atoms with Crippen LogP contribution in [0.4, 0.5) is 4.79 Å². The van der Waals surface area contributed by atoms with Crippen molar-refractivity contribution in [1.29, 1.82) is 0 Å². The van der Waals surface area contributed by atoms with Crippen LogP contribution < -0.4 is 5.32 Å². The van der Waals surface area contributed by atoms with E-state index in [1.165, 1.54) is 0 Å². The van der Waals surface area contributed by atoms with Crippen LogP contribution in [0.15, 0.2) is 47.2 Å². The molecule has 0 radical (unpaired) electrons. The van der Waals surface area contributed by atoms with Gasteiger partial charge in [-0.15, -0.1) is 0 Å². The van der Waals surface area contributed by atoms with Gasteiger partial charge in [0.1, 0.15) is 6.10 Å². The number of nitrogens with zero attached hydrogens (tertiary/aromatic N) is 1. The summed E-state index contributed by atoms with van der Waals surface area (Å²) in [6.07, 6.45) is -0.0313. The zero-order chi connectivity index (χ0) is 15.9. The summed E-state index contributed by atoms with van der Waals surface area (Å²) >= 11 is 1.64. The van der Waals surface area contributed by atoms with Gasteiger partial charge >= 0.3 is 6.03 Å². The molecule has 1 aliphatic heterocycles. The Morgan fingerprint density at radius 3 is 3.00 bits per heavy atom. The van der Waals surface area contributed by atoms with Gasteiger partial charge in [0.25, 0.3) is 0 Å². The summed E-state index contributed by atoms with van der Waals surface area (Å²) < 4.78 is 5.74. The Balaban J connectivity index is 1.49. The standard InChI is InChI=1S/C18H18N2O2S/c21-18(19-9-4-7-15-5-2-1-3-6-15)20-10-11-22-17(13-20)16-8-12-23-14-16/h1-3,5-6,8,12,14,17H,9-11,13H2,(H,19,21). The van der Waals surface area contributed by atoms with E-state index in [1.807, 2.05) is 41.8 Å². The third-order valence-corrected chi connectivity index (χ3v) is 4.30. The fourth-order valence-electron chi connectivity index (χ4n) is 2.39. The highest BCUT2D eigenvalue weighted by Crippen LogP contribution is 2.23. The fraction of sp³-hybridized carbons (Fsp3) is 0.278. The molecule has 0 aliphatic carbocycles. The third kappa shape index (κ3) is 4.35. The van der Waals surface area contributed by atoms with E-state index >= 15 is 0 Å². The quantitative estimate of drug-likeness (QED) is 0.862. The second-order valence-corrected chi connectivity index (χ2v) is 5.97. The van der Waals surface area contributed by atoms with Gasteiger partial charge in [0, 0.05) is 12.1 Å². The van der Waals surface area contributed by atoms with Gasteiger partial charge in [-0.2, -0.15) is 11.3 Å². The highest BCUT2D eigenvalue weighted by Gasteiger charge is 2.25. The molecule has 1 aromatic carbocycles. The third-order valence-electron chi connectivity index (χ3n) is 3.60. The minimum absolute atomic E-state index is 0.0313. The lowest BCUT2D eigenvalue weighted by atomic mass is 10.1.